The number of aliphatic hydroxyl groups excluding tert-OH is 1. The standard InChI is InChI=1S/C16H27N3O2.HI/c1-4-17-16(18-10-5-11-21-3)19-12-15(20)14-8-6-13(2)7-9-14;/h6-9,15,20H,4-5,10-12H2,1-3H3,(H2,17,18,19);1H. The van der Waals surface area contributed by atoms with Crippen molar-refractivity contribution in [1.29, 1.82) is 0 Å². The Morgan fingerprint density at radius 3 is 2.55 bits per heavy atom. The van der Waals surface area contributed by atoms with E-state index in [-0.39, 0.29) is 24.0 Å². The Bertz CT molecular complexity index is 424. The number of halogens is 1. The first-order valence-electron chi connectivity index (χ1n) is 7.43. The molecule has 5 nitrogen and oxygen atoms in total. The SMILES string of the molecule is CCNC(=NCC(O)c1ccc(C)cc1)NCCCOC.I. The van der Waals surface area contributed by atoms with E-state index in [2.05, 4.69) is 15.6 Å². The summed E-state index contributed by atoms with van der Waals surface area (Å²) in [6.45, 7) is 6.68. The molecular weight excluding hydrogens is 393 g/mol. The van der Waals surface area contributed by atoms with E-state index >= 15 is 0 Å². The van der Waals surface area contributed by atoms with Gasteiger partial charge in [-0.25, -0.2) is 0 Å². The summed E-state index contributed by atoms with van der Waals surface area (Å²) in [5.74, 6) is 0.722. The van der Waals surface area contributed by atoms with Crippen molar-refractivity contribution in [2.75, 3.05) is 33.4 Å². The molecule has 0 aliphatic heterocycles. The molecule has 0 fully saturated rings. The first-order valence-corrected chi connectivity index (χ1v) is 7.43. The average Bonchev–Trinajstić information content (AvgIpc) is 2.49. The number of hydrogen-bond donors (Lipinski definition) is 3. The van der Waals surface area contributed by atoms with Crippen molar-refractivity contribution in [3.8, 4) is 0 Å². The Morgan fingerprint density at radius 2 is 1.95 bits per heavy atom. The smallest absolute Gasteiger partial charge is 0.191 e. The van der Waals surface area contributed by atoms with Crippen LogP contribution in [0.5, 0.6) is 0 Å². The van der Waals surface area contributed by atoms with Crippen molar-refractivity contribution in [3.05, 3.63) is 35.4 Å². The lowest BCUT2D eigenvalue weighted by atomic mass is 10.1. The minimum atomic E-state index is -0.583. The van der Waals surface area contributed by atoms with Gasteiger partial charge in [0.05, 0.1) is 12.6 Å². The van der Waals surface area contributed by atoms with Gasteiger partial charge in [-0.15, -0.1) is 24.0 Å². The molecule has 0 heterocycles. The normalized spacial score (nSPS) is 12.5. The molecule has 0 spiro atoms. The van der Waals surface area contributed by atoms with Gasteiger partial charge in [0.25, 0.3) is 0 Å². The van der Waals surface area contributed by atoms with Crippen LogP contribution in [0, 0.1) is 6.92 Å². The fourth-order valence-electron chi connectivity index (χ4n) is 1.84. The van der Waals surface area contributed by atoms with Crippen molar-refractivity contribution < 1.29 is 9.84 Å². The second-order valence-electron chi connectivity index (χ2n) is 4.92. The van der Waals surface area contributed by atoms with E-state index in [1.807, 2.05) is 38.1 Å². The van der Waals surface area contributed by atoms with Gasteiger partial charge >= 0.3 is 0 Å². The Balaban J connectivity index is 0.00000441. The highest BCUT2D eigenvalue weighted by molar-refractivity contribution is 14.0. The van der Waals surface area contributed by atoms with Gasteiger partial charge in [-0.2, -0.15) is 0 Å². The van der Waals surface area contributed by atoms with Gasteiger partial charge < -0.3 is 20.5 Å². The van der Waals surface area contributed by atoms with E-state index in [1.165, 1.54) is 5.56 Å². The van der Waals surface area contributed by atoms with E-state index in [4.69, 9.17) is 4.74 Å². The van der Waals surface area contributed by atoms with E-state index < -0.39 is 6.10 Å². The summed E-state index contributed by atoms with van der Waals surface area (Å²) in [6, 6.07) is 7.87. The second kappa shape index (κ2) is 12.7. The Kier molecular flexibility index (Phi) is 12.2. The number of aliphatic imine (C=N–C) groups is 1. The number of methoxy groups -OCH3 is 1. The number of aryl methyl sites for hydroxylation is 1. The minimum absolute atomic E-state index is 0. The number of benzene rings is 1. The van der Waals surface area contributed by atoms with Gasteiger partial charge in [0.2, 0.25) is 0 Å². The predicted molar refractivity (Wildman–Crippen MR) is 102 cm³/mol. The zero-order valence-electron chi connectivity index (χ0n) is 13.6. The summed E-state index contributed by atoms with van der Waals surface area (Å²) in [5, 5.41) is 16.5. The van der Waals surface area contributed by atoms with Gasteiger partial charge in [-0.3, -0.25) is 4.99 Å². The molecule has 0 saturated carbocycles. The Hall–Kier alpha value is -0.860. The molecule has 0 amide bonds. The Morgan fingerprint density at radius 1 is 1.27 bits per heavy atom. The molecule has 0 bridgehead atoms. The van der Waals surface area contributed by atoms with Crippen LogP contribution in [-0.4, -0.2) is 44.4 Å². The lowest BCUT2D eigenvalue weighted by molar-refractivity contribution is 0.187. The van der Waals surface area contributed by atoms with Crippen LogP contribution in [0.2, 0.25) is 0 Å². The number of rotatable bonds is 8. The zero-order valence-corrected chi connectivity index (χ0v) is 16.0. The number of ether oxygens (including phenoxy) is 1. The monoisotopic (exact) mass is 421 g/mol. The minimum Gasteiger partial charge on any atom is -0.386 e. The van der Waals surface area contributed by atoms with Crippen LogP contribution in [0.3, 0.4) is 0 Å². The molecule has 1 aromatic rings. The molecule has 1 rings (SSSR count). The summed E-state index contributed by atoms with van der Waals surface area (Å²) >= 11 is 0. The molecule has 0 aromatic heterocycles. The predicted octanol–water partition coefficient (Wildman–Crippen LogP) is 2.24. The first-order chi connectivity index (χ1) is 10.2. The van der Waals surface area contributed by atoms with Gasteiger partial charge in [-0.1, -0.05) is 29.8 Å². The van der Waals surface area contributed by atoms with Gasteiger partial charge in [0.1, 0.15) is 0 Å². The molecule has 3 N–H and O–H groups in total. The van der Waals surface area contributed by atoms with E-state index in [0.29, 0.717) is 6.54 Å². The molecule has 22 heavy (non-hydrogen) atoms. The molecule has 0 aliphatic carbocycles. The van der Waals surface area contributed by atoms with E-state index in [9.17, 15) is 5.11 Å². The number of guanidine groups is 1. The van der Waals surface area contributed by atoms with Crippen molar-refractivity contribution in [1.82, 2.24) is 10.6 Å². The zero-order chi connectivity index (χ0) is 15.5. The highest BCUT2D eigenvalue weighted by Gasteiger charge is 2.07. The van der Waals surface area contributed by atoms with Crippen molar-refractivity contribution in [3.63, 3.8) is 0 Å². The van der Waals surface area contributed by atoms with Crippen LogP contribution in [0.4, 0.5) is 0 Å². The maximum Gasteiger partial charge on any atom is 0.191 e. The summed E-state index contributed by atoms with van der Waals surface area (Å²) in [5.41, 5.74) is 2.07. The molecule has 1 unspecified atom stereocenters. The summed E-state index contributed by atoms with van der Waals surface area (Å²) < 4.78 is 5.01. The van der Waals surface area contributed by atoms with Gasteiger partial charge in [-0.05, 0) is 25.8 Å². The van der Waals surface area contributed by atoms with Crippen LogP contribution in [0.15, 0.2) is 29.3 Å². The Labute approximate surface area is 150 Å². The molecule has 0 radical (unpaired) electrons. The third-order valence-corrected chi connectivity index (χ3v) is 3.05. The number of hydrogen-bond acceptors (Lipinski definition) is 3. The van der Waals surface area contributed by atoms with Gasteiger partial charge in [0.15, 0.2) is 5.96 Å². The quantitative estimate of drug-likeness (QED) is 0.261. The molecule has 0 saturated heterocycles. The fraction of sp³-hybridized carbons (Fsp3) is 0.562. The van der Waals surface area contributed by atoms with E-state index in [0.717, 1.165) is 37.6 Å². The lowest BCUT2D eigenvalue weighted by Crippen LogP contribution is -2.38. The average molecular weight is 421 g/mol. The highest BCUT2D eigenvalue weighted by atomic mass is 127. The summed E-state index contributed by atoms with van der Waals surface area (Å²) in [7, 11) is 1.69. The van der Waals surface area contributed by atoms with Gasteiger partial charge in [0, 0.05) is 26.8 Å². The number of nitrogens with one attached hydrogen (secondary N) is 2. The molecule has 1 atom stereocenters. The maximum absolute atomic E-state index is 10.2. The molecule has 6 heteroatoms. The molecular formula is C16H28IN3O2. The van der Waals surface area contributed by atoms with Crippen molar-refractivity contribution in [2.45, 2.75) is 26.4 Å². The lowest BCUT2D eigenvalue weighted by Gasteiger charge is -2.13. The topological polar surface area (TPSA) is 65.9 Å². The first kappa shape index (κ1) is 21.1. The van der Waals surface area contributed by atoms with Crippen LogP contribution >= 0.6 is 24.0 Å². The maximum atomic E-state index is 10.2. The fourth-order valence-corrected chi connectivity index (χ4v) is 1.84. The van der Waals surface area contributed by atoms with Crippen LogP contribution in [-0.2, 0) is 4.74 Å². The summed E-state index contributed by atoms with van der Waals surface area (Å²) in [6.07, 6.45) is 0.335. The molecule has 0 aliphatic rings. The van der Waals surface area contributed by atoms with Crippen molar-refractivity contribution in [2.24, 2.45) is 4.99 Å². The van der Waals surface area contributed by atoms with E-state index in [1.54, 1.807) is 7.11 Å². The number of aliphatic hydroxyl groups is 1. The molecule has 126 valence electrons. The third-order valence-electron chi connectivity index (χ3n) is 3.05. The number of nitrogens with zero attached hydrogens (tertiary/aromatic N) is 1. The molecule has 1 aromatic carbocycles. The van der Waals surface area contributed by atoms with Crippen molar-refractivity contribution >= 4 is 29.9 Å². The van der Waals surface area contributed by atoms with Crippen LogP contribution in [0.1, 0.15) is 30.6 Å². The second-order valence-corrected chi connectivity index (χ2v) is 4.92. The van der Waals surface area contributed by atoms with Crippen LogP contribution < -0.4 is 10.6 Å². The third kappa shape index (κ3) is 8.55. The van der Waals surface area contributed by atoms with Crippen LogP contribution in [0.25, 0.3) is 0 Å². The largest absolute Gasteiger partial charge is 0.386 e. The highest BCUT2D eigenvalue weighted by Crippen LogP contribution is 2.13. The summed E-state index contributed by atoms with van der Waals surface area (Å²) in [4.78, 5) is 4.41.